The lowest BCUT2D eigenvalue weighted by atomic mass is 10.1. The first-order valence-corrected chi connectivity index (χ1v) is 11.6. The number of hydrogen-bond donors (Lipinski definition) is 0. The summed E-state index contributed by atoms with van der Waals surface area (Å²) in [6.07, 6.45) is 0. The zero-order chi connectivity index (χ0) is 21.5. The van der Waals surface area contributed by atoms with Crippen molar-refractivity contribution in [2.45, 2.75) is 13.8 Å². The van der Waals surface area contributed by atoms with E-state index in [1.165, 1.54) is 17.7 Å². The van der Waals surface area contributed by atoms with Crippen LogP contribution in [0.5, 0.6) is 0 Å². The molecule has 0 N–H and O–H groups in total. The number of hydrogen-bond acceptors (Lipinski definition) is 5. The molecule has 2 amide bonds. The number of piperazine rings is 1. The summed E-state index contributed by atoms with van der Waals surface area (Å²) in [5.41, 5.74) is 3.14. The van der Waals surface area contributed by atoms with Crippen molar-refractivity contribution in [3.05, 3.63) is 59.7 Å². The van der Waals surface area contributed by atoms with E-state index < -0.39 is 21.8 Å². The maximum Gasteiger partial charge on any atom is 0.253 e. The minimum atomic E-state index is -3.64. The molecule has 4 rings (SSSR count). The monoisotopic (exact) mass is 427 g/mol. The Morgan fingerprint density at radius 1 is 0.967 bits per heavy atom. The Morgan fingerprint density at radius 3 is 2.20 bits per heavy atom. The standard InChI is InChI=1S/C22H25N3O4S/c1-16-4-3-5-20(14-16)23-10-12-24(13-11-23)22(27)18-6-8-19(9-7-18)25-21(26)17(2)15-30(25,28)29/h3-9,14,17H,10-13,15H2,1-2H3/t17-/m0/s1. The molecule has 2 aliphatic rings. The van der Waals surface area contributed by atoms with Gasteiger partial charge in [0.25, 0.3) is 5.91 Å². The Bertz CT molecular complexity index is 1070. The first-order valence-electron chi connectivity index (χ1n) is 10.0. The molecule has 30 heavy (non-hydrogen) atoms. The number of sulfonamides is 1. The molecule has 8 heteroatoms. The molecule has 0 unspecified atom stereocenters. The third-order valence-corrected chi connectivity index (χ3v) is 7.51. The normalized spacial score (nSPS) is 21.2. The van der Waals surface area contributed by atoms with E-state index in [0.717, 1.165) is 23.1 Å². The van der Waals surface area contributed by atoms with Crippen molar-refractivity contribution in [2.24, 2.45) is 5.92 Å². The number of rotatable bonds is 3. The molecule has 1 atom stereocenters. The molecule has 0 radical (unpaired) electrons. The molecule has 158 valence electrons. The summed E-state index contributed by atoms with van der Waals surface area (Å²) < 4.78 is 25.3. The molecule has 2 aromatic rings. The van der Waals surface area contributed by atoms with Gasteiger partial charge in [0.2, 0.25) is 15.9 Å². The van der Waals surface area contributed by atoms with Crippen LogP contribution in [0.1, 0.15) is 22.8 Å². The van der Waals surface area contributed by atoms with Crippen LogP contribution in [0.25, 0.3) is 0 Å². The third-order valence-electron chi connectivity index (χ3n) is 5.64. The molecule has 2 aliphatic heterocycles. The van der Waals surface area contributed by atoms with Crippen molar-refractivity contribution < 1.29 is 18.0 Å². The lowest BCUT2D eigenvalue weighted by Gasteiger charge is -2.36. The van der Waals surface area contributed by atoms with Gasteiger partial charge in [0.05, 0.1) is 17.4 Å². The van der Waals surface area contributed by atoms with Crippen LogP contribution in [0.3, 0.4) is 0 Å². The van der Waals surface area contributed by atoms with Crippen LogP contribution < -0.4 is 9.21 Å². The molecule has 0 spiro atoms. The summed E-state index contributed by atoms with van der Waals surface area (Å²) in [7, 11) is -3.64. The summed E-state index contributed by atoms with van der Waals surface area (Å²) >= 11 is 0. The topological polar surface area (TPSA) is 78.0 Å². The number of anilines is 2. The SMILES string of the molecule is Cc1cccc(N2CCN(C(=O)c3ccc(N4C(=O)[C@@H](C)CS4(=O)=O)cc3)CC2)c1. The quantitative estimate of drug-likeness (QED) is 0.751. The van der Waals surface area contributed by atoms with Gasteiger partial charge in [0, 0.05) is 37.4 Å². The van der Waals surface area contributed by atoms with Gasteiger partial charge in [-0.2, -0.15) is 0 Å². The summed E-state index contributed by atoms with van der Waals surface area (Å²) in [5.74, 6) is -1.26. The molecule has 2 heterocycles. The van der Waals surface area contributed by atoms with Gasteiger partial charge in [-0.15, -0.1) is 0 Å². The van der Waals surface area contributed by atoms with Gasteiger partial charge in [-0.05, 0) is 48.9 Å². The second kappa shape index (κ2) is 7.75. The number of carbonyl (C=O) groups excluding carboxylic acids is 2. The predicted molar refractivity (Wildman–Crippen MR) is 116 cm³/mol. The van der Waals surface area contributed by atoms with Crippen molar-refractivity contribution in [1.29, 1.82) is 0 Å². The largest absolute Gasteiger partial charge is 0.368 e. The number of nitrogens with zero attached hydrogens (tertiary/aromatic N) is 3. The number of amides is 2. The average Bonchev–Trinajstić information content (AvgIpc) is 2.94. The van der Waals surface area contributed by atoms with Gasteiger partial charge >= 0.3 is 0 Å². The van der Waals surface area contributed by atoms with Crippen LogP contribution in [0.4, 0.5) is 11.4 Å². The second-order valence-electron chi connectivity index (χ2n) is 7.95. The Hall–Kier alpha value is -2.87. The first kappa shape index (κ1) is 20.4. The van der Waals surface area contributed by atoms with E-state index in [-0.39, 0.29) is 17.3 Å². The maximum atomic E-state index is 12.9. The number of benzene rings is 2. The Kier molecular flexibility index (Phi) is 5.27. The summed E-state index contributed by atoms with van der Waals surface area (Å²) in [4.78, 5) is 29.2. The van der Waals surface area contributed by atoms with Gasteiger partial charge in [0.15, 0.2) is 0 Å². The zero-order valence-electron chi connectivity index (χ0n) is 17.1. The Labute approximate surface area is 176 Å². The molecular weight excluding hydrogens is 402 g/mol. The van der Waals surface area contributed by atoms with Gasteiger partial charge in [-0.1, -0.05) is 19.1 Å². The van der Waals surface area contributed by atoms with Crippen molar-refractivity contribution >= 4 is 33.2 Å². The lowest BCUT2D eigenvalue weighted by Crippen LogP contribution is -2.48. The van der Waals surface area contributed by atoms with E-state index in [1.807, 2.05) is 6.07 Å². The first-order chi connectivity index (χ1) is 14.3. The van der Waals surface area contributed by atoms with Gasteiger partial charge in [-0.3, -0.25) is 9.59 Å². The number of carbonyl (C=O) groups is 2. The van der Waals surface area contributed by atoms with Crippen molar-refractivity contribution in [1.82, 2.24) is 4.90 Å². The fourth-order valence-electron chi connectivity index (χ4n) is 4.00. The third kappa shape index (κ3) is 3.79. The molecule has 2 fully saturated rings. The molecular formula is C22H25N3O4S. The highest BCUT2D eigenvalue weighted by atomic mass is 32.2. The van der Waals surface area contributed by atoms with Crippen LogP contribution in [0.15, 0.2) is 48.5 Å². The van der Waals surface area contributed by atoms with Crippen molar-refractivity contribution in [3.63, 3.8) is 0 Å². The van der Waals surface area contributed by atoms with E-state index >= 15 is 0 Å². The lowest BCUT2D eigenvalue weighted by molar-refractivity contribution is -0.119. The maximum absolute atomic E-state index is 12.9. The van der Waals surface area contributed by atoms with E-state index in [4.69, 9.17) is 0 Å². The van der Waals surface area contributed by atoms with Crippen LogP contribution >= 0.6 is 0 Å². The average molecular weight is 428 g/mol. The van der Waals surface area contributed by atoms with Crippen molar-refractivity contribution in [3.8, 4) is 0 Å². The van der Waals surface area contributed by atoms with Gasteiger partial charge in [0.1, 0.15) is 0 Å². The smallest absolute Gasteiger partial charge is 0.253 e. The van der Waals surface area contributed by atoms with E-state index in [0.29, 0.717) is 18.7 Å². The van der Waals surface area contributed by atoms with E-state index in [9.17, 15) is 18.0 Å². The van der Waals surface area contributed by atoms with Crippen LogP contribution in [0.2, 0.25) is 0 Å². The fraction of sp³-hybridized carbons (Fsp3) is 0.364. The molecule has 2 saturated heterocycles. The van der Waals surface area contributed by atoms with Crippen LogP contribution in [0, 0.1) is 12.8 Å². The molecule has 0 aliphatic carbocycles. The Balaban J connectivity index is 1.43. The molecule has 0 bridgehead atoms. The highest BCUT2D eigenvalue weighted by Crippen LogP contribution is 2.28. The van der Waals surface area contributed by atoms with Gasteiger partial charge in [-0.25, -0.2) is 12.7 Å². The minimum Gasteiger partial charge on any atom is -0.368 e. The van der Waals surface area contributed by atoms with Crippen LogP contribution in [-0.2, 0) is 14.8 Å². The van der Waals surface area contributed by atoms with Gasteiger partial charge < -0.3 is 9.80 Å². The van der Waals surface area contributed by atoms with E-state index in [1.54, 1.807) is 24.0 Å². The molecule has 0 saturated carbocycles. The summed E-state index contributed by atoms with van der Waals surface area (Å²) in [6.45, 7) is 6.41. The van der Waals surface area contributed by atoms with Crippen molar-refractivity contribution in [2.75, 3.05) is 41.1 Å². The molecule has 0 aromatic heterocycles. The van der Waals surface area contributed by atoms with Crippen LogP contribution in [-0.4, -0.2) is 57.1 Å². The van der Waals surface area contributed by atoms with E-state index in [2.05, 4.69) is 30.0 Å². The second-order valence-corrected chi connectivity index (χ2v) is 9.81. The molecule has 7 nitrogen and oxygen atoms in total. The number of aryl methyl sites for hydroxylation is 1. The zero-order valence-corrected chi connectivity index (χ0v) is 17.9. The molecule has 2 aromatic carbocycles. The predicted octanol–water partition coefficient (Wildman–Crippen LogP) is 2.27. The highest BCUT2D eigenvalue weighted by molar-refractivity contribution is 7.94. The summed E-state index contributed by atoms with van der Waals surface area (Å²) in [6, 6.07) is 14.6. The Morgan fingerprint density at radius 2 is 1.63 bits per heavy atom. The fourth-order valence-corrected chi connectivity index (χ4v) is 5.82. The minimum absolute atomic E-state index is 0.0885. The highest BCUT2D eigenvalue weighted by Gasteiger charge is 2.41. The summed E-state index contributed by atoms with van der Waals surface area (Å²) in [5, 5.41) is 0.